The van der Waals surface area contributed by atoms with Crippen LogP contribution >= 0.6 is 0 Å². The summed E-state index contributed by atoms with van der Waals surface area (Å²) in [7, 11) is 3.39. The molecule has 0 unspecified atom stereocenters. The summed E-state index contributed by atoms with van der Waals surface area (Å²) in [6.45, 7) is 4.62. The Bertz CT molecular complexity index is 812. The number of rotatable bonds is 5. The summed E-state index contributed by atoms with van der Waals surface area (Å²) >= 11 is 0. The molecule has 25 heavy (non-hydrogen) atoms. The molecule has 1 aliphatic carbocycles. The summed E-state index contributed by atoms with van der Waals surface area (Å²) in [5.41, 5.74) is 0.803. The lowest BCUT2D eigenvalue weighted by Gasteiger charge is -2.16. The first kappa shape index (κ1) is 17.6. The van der Waals surface area contributed by atoms with E-state index in [-0.39, 0.29) is 17.5 Å². The Morgan fingerprint density at radius 2 is 2.08 bits per heavy atom. The van der Waals surface area contributed by atoms with Crippen molar-refractivity contribution in [2.75, 3.05) is 11.9 Å². The van der Waals surface area contributed by atoms with E-state index in [0.717, 1.165) is 36.0 Å². The second-order valence-electron chi connectivity index (χ2n) is 6.86. The van der Waals surface area contributed by atoms with E-state index in [4.69, 9.17) is 0 Å². The maximum atomic E-state index is 11.9. The van der Waals surface area contributed by atoms with E-state index in [9.17, 15) is 9.90 Å². The molecule has 1 aliphatic rings. The van der Waals surface area contributed by atoms with Crippen molar-refractivity contribution >= 4 is 5.82 Å². The number of hydrogen-bond donors (Lipinski definition) is 2. The number of hydrogen-bond acceptors (Lipinski definition) is 6. The first-order valence-corrected chi connectivity index (χ1v) is 8.75. The Kier molecular flexibility index (Phi) is 4.89. The van der Waals surface area contributed by atoms with Gasteiger partial charge in [-0.25, -0.2) is 19.4 Å². The fraction of sp³-hybridized carbons (Fsp3) is 0.647. The third kappa shape index (κ3) is 3.58. The van der Waals surface area contributed by atoms with Crippen molar-refractivity contribution in [3.63, 3.8) is 0 Å². The second kappa shape index (κ2) is 6.95. The van der Waals surface area contributed by atoms with Gasteiger partial charge in [-0.05, 0) is 19.8 Å². The zero-order valence-electron chi connectivity index (χ0n) is 15.2. The van der Waals surface area contributed by atoms with Gasteiger partial charge in [0, 0.05) is 50.7 Å². The van der Waals surface area contributed by atoms with Gasteiger partial charge in [0.25, 0.3) is 0 Å². The molecule has 1 saturated carbocycles. The molecule has 0 spiro atoms. The first-order valence-electron chi connectivity index (χ1n) is 8.75. The van der Waals surface area contributed by atoms with Gasteiger partial charge in [-0.2, -0.15) is 5.10 Å². The lowest BCUT2D eigenvalue weighted by Crippen LogP contribution is -2.22. The number of aromatic nitrogens is 5. The number of aliphatic hydroxyl groups is 1. The van der Waals surface area contributed by atoms with Crippen LogP contribution in [-0.4, -0.2) is 42.1 Å². The minimum absolute atomic E-state index is 0.0963. The molecule has 0 radical (unpaired) electrons. The van der Waals surface area contributed by atoms with Crippen molar-refractivity contribution in [1.82, 2.24) is 24.3 Å². The van der Waals surface area contributed by atoms with Crippen LogP contribution in [0.5, 0.6) is 0 Å². The van der Waals surface area contributed by atoms with Gasteiger partial charge in [0.2, 0.25) is 0 Å². The molecule has 1 fully saturated rings. The Balaban J connectivity index is 1.67. The Morgan fingerprint density at radius 1 is 1.32 bits per heavy atom. The molecule has 2 N–H and O–H groups in total. The van der Waals surface area contributed by atoms with Crippen molar-refractivity contribution in [3.05, 3.63) is 33.9 Å². The zero-order chi connectivity index (χ0) is 18.1. The SMILES string of the molecule is CCc1nc(C)cc(NC[C@H]2C[C@H](c3nn(C)c(=O)n3C)C[C@H]2O)n1. The van der Waals surface area contributed by atoms with Crippen LogP contribution in [0.25, 0.3) is 0 Å². The third-order valence-corrected chi connectivity index (χ3v) is 4.94. The molecule has 8 nitrogen and oxygen atoms in total. The van der Waals surface area contributed by atoms with Crippen LogP contribution in [0.15, 0.2) is 10.9 Å². The molecular formula is C17H26N6O2. The van der Waals surface area contributed by atoms with E-state index in [0.29, 0.717) is 13.0 Å². The Labute approximate surface area is 146 Å². The number of aryl methyl sites for hydroxylation is 3. The molecule has 2 aromatic rings. The van der Waals surface area contributed by atoms with Gasteiger partial charge in [-0.3, -0.25) is 4.57 Å². The van der Waals surface area contributed by atoms with E-state index in [2.05, 4.69) is 20.4 Å². The van der Waals surface area contributed by atoms with Crippen LogP contribution in [0, 0.1) is 12.8 Å². The maximum Gasteiger partial charge on any atom is 0.345 e. The number of aliphatic hydroxyl groups excluding tert-OH is 1. The quantitative estimate of drug-likeness (QED) is 0.829. The molecule has 136 valence electrons. The average molecular weight is 346 g/mol. The minimum atomic E-state index is -0.414. The number of nitrogens with zero attached hydrogens (tertiary/aromatic N) is 5. The van der Waals surface area contributed by atoms with E-state index < -0.39 is 6.10 Å². The molecular weight excluding hydrogens is 320 g/mol. The summed E-state index contributed by atoms with van der Waals surface area (Å²) < 4.78 is 2.93. The van der Waals surface area contributed by atoms with Gasteiger partial charge >= 0.3 is 5.69 Å². The summed E-state index contributed by atoms with van der Waals surface area (Å²) in [5.74, 6) is 2.56. The molecule has 0 aliphatic heterocycles. The van der Waals surface area contributed by atoms with E-state index in [1.807, 2.05) is 19.9 Å². The van der Waals surface area contributed by atoms with Gasteiger partial charge in [0.1, 0.15) is 17.5 Å². The highest BCUT2D eigenvalue weighted by atomic mass is 16.3. The van der Waals surface area contributed by atoms with Gasteiger partial charge in [-0.15, -0.1) is 0 Å². The van der Waals surface area contributed by atoms with Crippen LogP contribution in [0.4, 0.5) is 5.82 Å². The highest BCUT2D eigenvalue weighted by molar-refractivity contribution is 5.36. The molecule has 8 heteroatoms. The maximum absolute atomic E-state index is 11.9. The van der Waals surface area contributed by atoms with E-state index in [1.54, 1.807) is 18.7 Å². The molecule has 3 rings (SSSR count). The first-order chi connectivity index (χ1) is 11.9. The summed E-state index contributed by atoms with van der Waals surface area (Å²) in [4.78, 5) is 20.7. The highest BCUT2D eigenvalue weighted by Crippen LogP contribution is 2.37. The van der Waals surface area contributed by atoms with Crippen LogP contribution in [0.1, 0.15) is 43.0 Å². The predicted octanol–water partition coefficient (Wildman–Crippen LogP) is 0.746. The smallest absolute Gasteiger partial charge is 0.345 e. The van der Waals surface area contributed by atoms with Gasteiger partial charge in [0.05, 0.1) is 6.10 Å². The molecule has 2 heterocycles. The second-order valence-corrected chi connectivity index (χ2v) is 6.86. The standard InChI is InChI=1S/C17H26N6O2/c1-5-14-19-10(2)6-15(20-14)18-9-12-7-11(8-13(12)24)16-21-23(4)17(25)22(16)3/h6,11-13,24H,5,7-9H2,1-4H3,(H,18,19,20)/t11-,12+,13+/m0/s1. The van der Waals surface area contributed by atoms with Crippen molar-refractivity contribution in [2.24, 2.45) is 20.0 Å². The molecule has 2 aromatic heterocycles. The topological polar surface area (TPSA) is 97.9 Å². The van der Waals surface area contributed by atoms with E-state index >= 15 is 0 Å². The molecule has 0 aromatic carbocycles. The van der Waals surface area contributed by atoms with Crippen LogP contribution in [0.2, 0.25) is 0 Å². The minimum Gasteiger partial charge on any atom is -0.393 e. The van der Waals surface area contributed by atoms with Gasteiger partial charge in [-0.1, -0.05) is 6.92 Å². The van der Waals surface area contributed by atoms with Gasteiger partial charge < -0.3 is 10.4 Å². The monoisotopic (exact) mass is 346 g/mol. The van der Waals surface area contributed by atoms with Crippen LogP contribution in [0.3, 0.4) is 0 Å². The van der Waals surface area contributed by atoms with Crippen molar-refractivity contribution < 1.29 is 5.11 Å². The van der Waals surface area contributed by atoms with Crippen LogP contribution < -0.4 is 11.0 Å². The zero-order valence-corrected chi connectivity index (χ0v) is 15.2. The molecule has 0 saturated heterocycles. The molecule has 0 bridgehead atoms. The molecule has 0 amide bonds. The van der Waals surface area contributed by atoms with Crippen molar-refractivity contribution in [3.8, 4) is 0 Å². The average Bonchev–Trinajstić information content (AvgIpc) is 3.07. The molecule has 3 atom stereocenters. The van der Waals surface area contributed by atoms with Crippen LogP contribution in [-0.2, 0) is 20.5 Å². The van der Waals surface area contributed by atoms with Crippen molar-refractivity contribution in [1.29, 1.82) is 0 Å². The summed E-state index contributed by atoms with van der Waals surface area (Å²) in [5, 5.41) is 18.1. The summed E-state index contributed by atoms with van der Waals surface area (Å²) in [6, 6.07) is 1.92. The largest absolute Gasteiger partial charge is 0.393 e. The number of nitrogens with one attached hydrogen (secondary N) is 1. The third-order valence-electron chi connectivity index (χ3n) is 4.94. The number of anilines is 1. The van der Waals surface area contributed by atoms with Gasteiger partial charge in [0.15, 0.2) is 0 Å². The lowest BCUT2D eigenvalue weighted by atomic mass is 10.0. The lowest BCUT2D eigenvalue weighted by molar-refractivity contribution is 0.137. The Morgan fingerprint density at radius 3 is 2.72 bits per heavy atom. The van der Waals surface area contributed by atoms with Crippen molar-refractivity contribution in [2.45, 2.75) is 45.1 Å². The summed E-state index contributed by atoms with van der Waals surface area (Å²) in [6.07, 6.45) is 1.80. The fourth-order valence-corrected chi connectivity index (χ4v) is 3.58. The Hall–Kier alpha value is -2.22. The fourth-order valence-electron chi connectivity index (χ4n) is 3.58. The highest BCUT2D eigenvalue weighted by Gasteiger charge is 2.36. The van der Waals surface area contributed by atoms with E-state index in [1.165, 1.54) is 4.68 Å². The predicted molar refractivity (Wildman–Crippen MR) is 94.6 cm³/mol. The normalized spacial score (nSPS) is 23.2.